The van der Waals surface area contributed by atoms with Gasteiger partial charge in [-0.3, -0.25) is 0 Å². The summed E-state index contributed by atoms with van der Waals surface area (Å²) in [5.41, 5.74) is 0. The van der Waals surface area contributed by atoms with Crippen LogP contribution >= 0.6 is 10.1 Å². The van der Waals surface area contributed by atoms with Crippen molar-refractivity contribution in [3.63, 3.8) is 0 Å². The predicted octanol–water partition coefficient (Wildman–Crippen LogP) is 0.838. The minimum absolute atomic E-state index is 1.12. The van der Waals surface area contributed by atoms with Crippen molar-refractivity contribution in [2.45, 2.75) is 0 Å². The van der Waals surface area contributed by atoms with Gasteiger partial charge in [-0.25, -0.2) is 0 Å². The van der Waals surface area contributed by atoms with Crippen molar-refractivity contribution in [2.75, 3.05) is 0 Å². The van der Waals surface area contributed by atoms with Crippen LogP contribution in [0.2, 0.25) is 0 Å². The van der Waals surface area contributed by atoms with E-state index in [2.05, 4.69) is 4.91 Å². The third-order valence-electron chi connectivity index (χ3n) is 0.860. The molecule has 1 atom stereocenters. The molecule has 0 aromatic carbocycles. The number of rotatable bonds is 1. The fourth-order valence-corrected chi connectivity index (χ4v) is 5.07. The normalized spacial score (nSPS) is 25.8. The van der Waals surface area contributed by atoms with Crippen molar-refractivity contribution in [3.05, 3.63) is 22.5 Å². The molecule has 1 aliphatic rings. The van der Waals surface area contributed by atoms with E-state index in [1.54, 1.807) is 10.1 Å². The Balaban J connectivity index is 2.51. The van der Waals surface area contributed by atoms with Crippen LogP contribution < -0.4 is 0 Å². The first-order valence-corrected chi connectivity index (χ1v) is 9.08. The average Bonchev–Trinajstić information content (AvgIpc) is 1.90. The first-order valence-electron chi connectivity index (χ1n) is 2.37. The Bertz CT molecular complexity index is 141. The summed E-state index contributed by atoms with van der Waals surface area (Å²) >= 11 is -1.55. The second kappa shape index (κ2) is 3.15. The maximum atomic E-state index is 10.1. The third kappa shape index (κ3) is 1.52. The summed E-state index contributed by atoms with van der Waals surface area (Å²) in [6, 6.07) is 0. The molecule has 0 aliphatic carbocycles. The summed E-state index contributed by atoms with van der Waals surface area (Å²) in [6.07, 6.45) is 3.94. The molecule has 0 N–H and O–H groups in total. The van der Waals surface area contributed by atoms with Gasteiger partial charge < -0.3 is 0 Å². The molecule has 1 unspecified atom stereocenters. The van der Waals surface area contributed by atoms with Gasteiger partial charge in [0.05, 0.1) is 0 Å². The van der Waals surface area contributed by atoms with E-state index in [1.807, 2.05) is 17.6 Å². The van der Waals surface area contributed by atoms with E-state index in [1.165, 1.54) is 0 Å². The molecule has 0 saturated heterocycles. The molecule has 1 nitrogen and oxygen atoms in total. The molecule has 0 amide bonds. The fraction of sp³-hybridized carbons (Fsp3) is 0. The van der Waals surface area contributed by atoms with E-state index in [9.17, 15) is 4.79 Å². The Hall–Kier alpha value is 0.0429. The Morgan fingerprint density at radius 3 is 2.75 bits per heavy atom. The van der Waals surface area contributed by atoms with Crippen LogP contribution in [0.25, 0.3) is 0 Å². The van der Waals surface area contributed by atoms with Crippen LogP contribution in [-0.4, -0.2) is 18.3 Å². The first-order chi connectivity index (χ1) is 3.93. The minimum atomic E-state index is -1.55. The molecule has 0 fully saturated rings. The standard InChI is InChI=1S/C5H6GeOS/c7-5-6-3-1-2-4-8-6/h1-6H. The van der Waals surface area contributed by atoms with Gasteiger partial charge in [-0.1, -0.05) is 0 Å². The molecular formula is C5H6GeOS. The van der Waals surface area contributed by atoms with Crippen LogP contribution in [0.3, 0.4) is 0 Å². The molecule has 0 radical (unpaired) electrons. The van der Waals surface area contributed by atoms with Gasteiger partial charge in [-0.15, -0.1) is 0 Å². The number of hydrogen-bond acceptors (Lipinski definition) is 2. The van der Waals surface area contributed by atoms with Gasteiger partial charge in [-0.05, 0) is 0 Å². The summed E-state index contributed by atoms with van der Waals surface area (Å²) in [4.78, 5) is 12.2. The fourth-order valence-electron chi connectivity index (χ4n) is 0.478. The zero-order valence-electron chi connectivity index (χ0n) is 4.28. The number of allylic oxidation sites excluding steroid dienone is 2. The Kier molecular flexibility index (Phi) is 2.42. The second-order valence-corrected chi connectivity index (χ2v) is 9.86. The Labute approximate surface area is 56.0 Å². The molecule has 0 saturated carbocycles. The van der Waals surface area contributed by atoms with Crippen molar-refractivity contribution in [3.8, 4) is 0 Å². The van der Waals surface area contributed by atoms with Crippen LogP contribution in [0.15, 0.2) is 22.5 Å². The third-order valence-corrected chi connectivity index (χ3v) is 7.67. The molecule has 1 aliphatic heterocycles. The first kappa shape index (κ1) is 6.17. The monoisotopic (exact) mass is 188 g/mol. The predicted molar refractivity (Wildman–Crippen MR) is 39.8 cm³/mol. The van der Waals surface area contributed by atoms with Gasteiger partial charge in [0.15, 0.2) is 0 Å². The van der Waals surface area contributed by atoms with Crippen molar-refractivity contribution >= 4 is 28.4 Å². The molecule has 1 rings (SSSR count). The molecule has 8 heavy (non-hydrogen) atoms. The zero-order chi connectivity index (χ0) is 5.82. The van der Waals surface area contributed by atoms with E-state index in [-0.39, 0.29) is 0 Å². The molecule has 0 aromatic heterocycles. The summed E-state index contributed by atoms with van der Waals surface area (Å²) in [7, 11) is 1.72. The summed E-state index contributed by atoms with van der Waals surface area (Å²) < 4.78 is 0. The van der Waals surface area contributed by atoms with Gasteiger partial charge in [0, 0.05) is 0 Å². The van der Waals surface area contributed by atoms with Crippen LogP contribution in [-0.2, 0) is 4.79 Å². The Morgan fingerprint density at radius 2 is 2.38 bits per heavy atom. The zero-order valence-corrected chi connectivity index (χ0v) is 7.52. The topological polar surface area (TPSA) is 17.1 Å². The second-order valence-electron chi connectivity index (χ2n) is 1.45. The molecule has 0 aromatic rings. The molecule has 0 spiro atoms. The summed E-state index contributed by atoms with van der Waals surface area (Å²) in [5, 5.41) is 3.12. The van der Waals surface area contributed by atoms with Crippen LogP contribution in [0, 0.1) is 0 Å². The van der Waals surface area contributed by atoms with Crippen molar-refractivity contribution < 1.29 is 4.79 Å². The van der Waals surface area contributed by atoms with E-state index in [4.69, 9.17) is 0 Å². The molecule has 0 bridgehead atoms. The van der Waals surface area contributed by atoms with Gasteiger partial charge in [-0.2, -0.15) is 0 Å². The van der Waals surface area contributed by atoms with E-state index >= 15 is 0 Å². The molecule has 42 valence electrons. The molecule has 3 heteroatoms. The summed E-state index contributed by atoms with van der Waals surface area (Å²) in [5.74, 6) is 0. The van der Waals surface area contributed by atoms with Crippen molar-refractivity contribution in [2.24, 2.45) is 0 Å². The average molecular weight is 187 g/mol. The Morgan fingerprint density at radius 1 is 1.50 bits per heavy atom. The van der Waals surface area contributed by atoms with E-state index in [0.29, 0.717) is 0 Å². The number of carbonyl (C=O) groups excluding carboxylic acids is 1. The van der Waals surface area contributed by atoms with Gasteiger partial charge >= 0.3 is 55.7 Å². The van der Waals surface area contributed by atoms with E-state index < -0.39 is 13.2 Å². The SMILES string of the molecule is O=[CH][GeH]1[CH]=CC=C[S]1. The summed E-state index contributed by atoms with van der Waals surface area (Å²) in [6.45, 7) is 0. The molecular weight excluding hydrogens is 181 g/mol. The van der Waals surface area contributed by atoms with Gasteiger partial charge in [0.25, 0.3) is 0 Å². The van der Waals surface area contributed by atoms with Crippen LogP contribution in [0.4, 0.5) is 0 Å². The van der Waals surface area contributed by atoms with Gasteiger partial charge in [0.2, 0.25) is 0 Å². The maximum absolute atomic E-state index is 10.1. The number of carbonyl (C=O) groups is 1. The molecule has 1 heterocycles. The van der Waals surface area contributed by atoms with Crippen LogP contribution in [0.5, 0.6) is 0 Å². The quantitative estimate of drug-likeness (QED) is 0.446. The number of hydrogen-bond donors (Lipinski definition) is 0. The van der Waals surface area contributed by atoms with Crippen molar-refractivity contribution in [1.29, 1.82) is 0 Å². The van der Waals surface area contributed by atoms with Crippen molar-refractivity contribution in [1.82, 2.24) is 0 Å². The van der Waals surface area contributed by atoms with Crippen LogP contribution in [0.1, 0.15) is 0 Å². The van der Waals surface area contributed by atoms with E-state index in [0.717, 1.165) is 5.12 Å². The van der Waals surface area contributed by atoms with Gasteiger partial charge in [0.1, 0.15) is 0 Å².